The van der Waals surface area contributed by atoms with E-state index < -0.39 is 11.6 Å². The molecule has 0 aliphatic heterocycles. The molecule has 1 aromatic rings. The van der Waals surface area contributed by atoms with E-state index in [0.717, 1.165) is 50.4 Å². The molecular formula is C24H35N3O4. The molecule has 0 radical (unpaired) electrons. The molecule has 4 aliphatic rings. The molecule has 0 bridgehead atoms. The van der Waals surface area contributed by atoms with Crippen LogP contribution in [0.4, 0.5) is 0 Å². The minimum Gasteiger partial charge on any atom is -0.476 e. The van der Waals surface area contributed by atoms with E-state index in [4.69, 9.17) is 5.11 Å². The predicted octanol–water partition coefficient (Wildman–Crippen LogP) is 3.57. The van der Waals surface area contributed by atoms with E-state index >= 15 is 0 Å². The maximum atomic E-state index is 13.2. The molecule has 4 aliphatic carbocycles. The van der Waals surface area contributed by atoms with Crippen molar-refractivity contribution < 1.29 is 19.8 Å². The molecule has 1 heterocycles. The Kier molecular flexibility index (Phi) is 5.03. The maximum absolute atomic E-state index is 13.2. The summed E-state index contributed by atoms with van der Waals surface area (Å²) in [5.74, 6) is 2.58. The number of ketones is 1. The van der Waals surface area contributed by atoms with Crippen LogP contribution in [0.1, 0.15) is 82.1 Å². The molecule has 7 nitrogen and oxygen atoms in total. The average Bonchev–Trinajstić information content (AvgIpc) is 3.31. The van der Waals surface area contributed by atoms with Crippen molar-refractivity contribution in [1.82, 2.24) is 15.0 Å². The topological polar surface area (TPSA) is 105 Å². The third kappa shape index (κ3) is 3.53. The van der Waals surface area contributed by atoms with Gasteiger partial charge in [-0.05, 0) is 99.7 Å². The van der Waals surface area contributed by atoms with Gasteiger partial charge in [0.1, 0.15) is 6.54 Å². The summed E-state index contributed by atoms with van der Waals surface area (Å²) >= 11 is 0. The Bertz CT molecular complexity index is 880. The molecule has 4 fully saturated rings. The highest BCUT2D eigenvalue weighted by Gasteiger charge is 2.58. The van der Waals surface area contributed by atoms with E-state index in [1.807, 2.05) is 6.92 Å². The Morgan fingerprint density at radius 2 is 1.84 bits per heavy atom. The van der Waals surface area contributed by atoms with Crippen molar-refractivity contribution in [1.29, 1.82) is 0 Å². The van der Waals surface area contributed by atoms with Gasteiger partial charge in [-0.1, -0.05) is 12.1 Å². The van der Waals surface area contributed by atoms with Crippen LogP contribution in [0.15, 0.2) is 6.20 Å². The van der Waals surface area contributed by atoms with Gasteiger partial charge in [-0.3, -0.25) is 4.79 Å². The molecule has 0 spiro atoms. The van der Waals surface area contributed by atoms with Gasteiger partial charge in [0.25, 0.3) is 0 Å². The van der Waals surface area contributed by atoms with Crippen molar-refractivity contribution in [2.45, 2.75) is 83.8 Å². The number of hydrogen-bond donors (Lipinski definition) is 2. The lowest BCUT2D eigenvalue weighted by Crippen LogP contribution is -2.51. The van der Waals surface area contributed by atoms with E-state index in [0.29, 0.717) is 17.8 Å². The first-order chi connectivity index (χ1) is 14.7. The summed E-state index contributed by atoms with van der Waals surface area (Å²) in [5.41, 5.74) is -0.558. The maximum Gasteiger partial charge on any atom is 0.358 e. The van der Waals surface area contributed by atoms with Crippen LogP contribution in [0.3, 0.4) is 0 Å². The molecule has 8 atom stereocenters. The number of aliphatic hydroxyl groups is 1. The molecule has 5 rings (SSSR count). The largest absolute Gasteiger partial charge is 0.476 e. The Hall–Kier alpha value is -1.76. The number of carbonyl (C=O) groups is 2. The van der Waals surface area contributed by atoms with Crippen LogP contribution in [0.5, 0.6) is 0 Å². The Labute approximate surface area is 183 Å². The Balaban J connectivity index is 1.29. The molecule has 4 saturated carbocycles. The molecule has 31 heavy (non-hydrogen) atoms. The van der Waals surface area contributed by atoms with Gasteiger partial charge in [0.05, 0.1) is 11.8 Å². The third-order valence-electron chi connectivity index (χ3n) is 9.70. The van der Waals surface area contributed by atoms with Crippen molar-refractivity contribution in [3.05, 3.63) is 11.9 Å². The van der Waals surface area contributed by atoms with Gasteiger partial charge in [-0.15, -0.1) is 5.10 Å². The van der Waals surface area contributed by atoms with Crippen molar-refractivity contribution in [3.8, 4) is 0 Å². The molecule has 170 valence electrons. The number of Topliss-reactive ketones (excluding diaryl/α,β-unsaturated/α-hetero) is 1. The van der Waals surface area contributed by atoms with E-state index in [1.54, 1.807) is 0 Å². The highest BCUT2D eigenvalue weighted by Crippen LogP contribution is 2.64. The van der Waals surface area contributed by atoms with Crippen molar-refractivity contribution in [3.63, 3.8) is 0 Å². The second kappa shape index (κ2) is 7.39. The van der Waals surface area contributed by atoms with Crippen molar-refractivity contribution in [2.24, 2.45) is 40.9 Å². The lowest BCUT2D eigenvalue weighted by atomic mass is 9.49. The van der Waals surface area contributed by atoms with Crippen molar-refractivity contribution >= 4 is 11.8 Å². The molecular weight excluding hydrogens is 394 g/mol. The Morgan fingerprint density at radius 1 is 1.06 bits per heavy atom. The smallest absolute Gasteiger partial charge is 0.358 e. The number of rotatable bonds is 4. The number of nitrogens with zero attached hydrogens (tertiary/aromatic N) is 3. The summed E-state index contributed by atoms with van der Waals surface area (Å²) < 4.78 is 1.38. The van der Waals surface area contributed by atoms with Crippen molar-refractivity contribution in [2.75, 3.05) is 0 Å². The fourth-order valence-electron chi connectivity index (χ4n) is 8.35. The van der Waals surface area contributed by atoms with E-state index in [-0.39, 0.29) is 29.4 Å². The van der Waals surface area contributed by atoms with Crippen LogP contribution >= 0.6 is 0 Å². The van der Waals surface area contributed by atoms with Gasteiger partial charge in [0, 0.05) is 5.92 Å². The van der Waals surface area contributed by atoms with Crippen LogP contribution in [-0.2, 0) is 11.3 Å². The molecule has 7 heteroatoms. The number of fused-ring (bicyclic) bond motifs is 5. The van der Waals surface area contributed by atoms with Crippen LogP contribution in [0.2, 0.25) is 0 Å². The molecule has 0 saturated heterocycles. The first-order valence-electron chi connectivity index (χ1n) is 12.1. The number of carbonyl (C=O) groups excluding carboxylic acids is 1. The van der Waals surface area contributed by atoms with Gasteiger partial charge < -0.3 is 10.2 Å². The predicted molar refractivity (Wildman–Crippen MR) is 113 cm³/mol. The number of carboxylic acids is 1. The summed E-state index contributed by atoms with van der Waals surface area (Å²) in [6.07, 6.45) is 11.2. The van der Waals surface area contributed by atoms with E-state index in [1.165, 1.54) is 30.1 Å². The fraction of sp³-hybridized carbons (Fsp3) is 0.833. The van der Waals surface area contributed by atoms with Gasteiger partial charge >= 0.3 is 5.97 Å². The summed E-state index contributed by atoms with van der Waals surface area (Å²) in [6, 6.07) is 0. The first kappa shape index (κ1) is 21.1. The summed E-state index contributed by atoms with van der Waals surface area (Å²) in [4.78, 5) is 24.3. The zero-order valence-corrected chi connectivity index (χ0v) is 18.7. The molecule has 0 unspecified atom stereocenters. The summed E-state index contributed by atoms with van der Waals surface area (Å²) in [6.45, 7) is 4.46. The fourth-order valence-corrected chi connectivity index (χ4v) is 8.35. The first-order valence-corrected chi connectivity index (χ1v) is 12.1. The van der Waals surface area contributed by atoms with Gasteiger partial charge in [-0.25, -0.2) is 9.48 Å². The number of aromatic nitrogens is 3. The normalized spacial score (nSPS) is 44.2. The monoisotopic (exact) mass is 429 g/mol. The lowest BCUT2D eigenvalue weighted by molar-refractivity contribution is -0.133. The summed E-state index contributed by atoms with van der Waals surface area (Å²) in [5, 5.41) is 27.1. The quantitative estimate of drug-likeness (QED) is 0.758. The van der Waals surface area contributed by atoms with E-state index in [9.17, 15) is 14.7 Å². The molecule has 2 N–H and O–H groups in total. The standard InChI is InChI=1S/C24H35N3O4/c1-23(31)9-7-15-14(11-23)3-4-17-16(15)8-10-24(2)18(17)5-6-19(24)21(28)13-27-12-20(22(29)30)25-26-27/h12,14-19,31H,3-11,13H2,1-2H3,(H,29,30)/t14-,15+,16-,17-,18+,19-,23-,24+/m1/s1. The number of hydrogen-bond acceptors (Lipinski definition) is 5. The second-order valence-corrected chi connectivity index (χ2v) is 11.4. The number of aromatic carboxylic acids is 1. The zero-order chi connectivity index (χ0) is 22.0. The summed E-state index contributed by atoms with van der Waals surface area (Å²) in [7, 11) is 0. The highest BCUT2D eigenvalue weighted by molar-refractivity contribution is 5.85. The van der Waals surface area contributed by atoms with E-state index in [2.05, 4.69) is 17.2 Å². The van der Waals surface area contributed by atoms with Crippen LogP contribution < -0.4 is 0 Å². The Morgan fingerprint density at radius 3 is 2.58 bits per heavy atom. The molecule has 0 amide bonds. The third-order valence-corrected chi connectivity index (χ3v) is 9.70. The van der Waals surface area contributed by atoms with Gasteiger partial charge in [-0.2, -0.15) is 0 Å². The van der Waals surface area contributed by atoms with Crippen LogP contribution in [0.25, 0.3) is 0 Å². The number of carboxylic acid groups (broad SMARTS) is 1. The average molecular weight is 430 g/mol. The molecule has 0 aromatic carbocycles. The van der Waals surface area contributed by atoms with Gasteiger partial charge in [0.15, 0.2) is 11.5 Å². The van der Waals surface area contributed by atoms with Crippen LogP contribution in [-0.4, -0.2) is 42.6 Å². The highest BCUT2D eigenvalue weighted by atomic mass is 16.4. The van der Waals surface area contributed by atoms with Crippen LogP contribution in [0, 0.1) is 40.9 Å². The molecule has 1 aromatic heterocycles. The minimum atomic E-state index is -1.12. The van der Waals surface area contributed by atoms with Gasteiger partial charge in [0.2, 0.25) is 0 Å². The minimum absolute atomic E-state index is 0.0285. The second-order valence-electron chi connectivity index (χ2n) is 11.4. The SMILES string of the molecule is C[C@@]1(O)CC[C@H]2[C@H](CC[C@@H]3[C@@H]2CC[C@]2(C)[C@@H](C(=O)Cn4cc(C(=O)O)nn4)CC[C@@H]32)C1. The zero-order valence-electron chi connectivity index (χ0n) is 18.7. The lowest BCUT2D eigenvalue weighted by Gasteiger charge is -2.56.